The van der Waals surface area contributed by atoms with Crippen molar-refractivity contribution in [3.63, 3.8) is 0 Å². The summed E-state index contributed by atoms with van der Waals surface area (Å²) < 4.78 is 5.92. The Hall–Kier alpha value is -3.02. The fraction of sp³-hybridized carbons (Fsp3) is 0.462. The van der Waals surface area contributed by atoms with Crippen LogP contribution in [-0.2, 0) is 9.59 Å². The van der Waals surface area contributed by atoms with Crippen LogP contribution in [-0.4, -0.2) is 55.0 Å². The van der Waals surface area contributed by atoms with Crippen molar-refractivity contribution in [3.8, 4) is 5.75 Å². The van der Waals surface area contributed by atoms with Crippen molar-refractivity contribution < 1.29 is 14.3 Å². The van der Waals surface area contributed by atoms with Crippen LogP contribution in [0.15, 0.2) is 36.4 Å². The molecule has 1 fully saturated rings. The summed E-state index contributed by atoms with van der Waals surface area (Å²) in [6.45, 7) is 13.2. The van der Waals surface area contributed by atoms with E-state index < -0.39 is 5.60 Å². The summed E-state index contributed by atoms with van der Waals surface area (Å²) in [6, 6.07) is 12.2. The van der Waals surface area contributed by atoms with E-state index in [1.165, 1.54) is 16.8 Å². The number of aryl methyl sites for hydroxylation is 2. The number of ether oxygens (including phenoxy) is 1. The molecule has 2 aliphatic rings. The van der Waals surface area contributed by atoms with E-state index in [0.717, 1.165) is 24.3 Å². The van der Waals surface area contributed by atoms with Crippen molar-refractivity contribution in [2.75, 3.05) is 42.5 Å². The maximum atomic E-state index is 13.0. The minimum absolute atomic E-state index is 0.0944. The Balaban J connectivity index is 1.40. The topological polar surface area (TPSA) is 53.1 Å². The fourth-order valence-electron chi connectivity index (χ4n) is 4.54. The predicted octanol–water partition coefficient (Wildman–Crippen LogP) is 3.85. The molecule has 2 aromatic rings. The van der Waals surface area contributed by atoms with Gasteiger partial charge in [-0.15, -0.1) is 0 Å². The third-order valence-electron chi connectivity index (χ3n) is 6.63. The van der Waals surface area contributed by atoms with Crippen LogP contribution in [0.3, 0.4) is 0 Å². The van der Waals surface area contributed by atoms with E-state index in [4.69, 9.17) is 4.74 Å². The van der Waals surface area contributed by atoms with Crippen LogP contribution >= 0.6 is 0 Å². The van der Waals surface area contributed by atoms with Gasteiger partial charge in [0.1, 0.15) is 5.75 Å². The number of nitrogens with zero attached hydrogens (tertiary/aromatic N) is 3. The Morgan fingerprint density at radius 1 is 1.00 bits per heavy atom. The molecule has 170 valence electrons. The fourth-order valence-corrected chi connectivity index (χ4v) is 4.54. The first-order valence-electron chi connectivity index (χ1n) is 11.4. The van der Waals surface area contributed by atoms with Gasteiger partial charge < -0.3 is 19.4 Å². The number of carbonyl (C=O) groups is 2. The smallest absolute Gasteiger partial charge is 0.270 e. The molecule has 4 rings (SSSR count). The van der Waals surface area contributed by atoms with Crippen molar-refractivity contribution in [1.29, 1.82) is 0 Å². The average molecular weight is 436 g/mol. The lowest BCUT2D eigenvalue weighted by molar-refractivity contribution is -0.133. The number of fused-ring (bicyclic) bond motifs is 1. The van der Waals surface area contributed by atoms with E-state index >= 15 is 0 Å². The van der Waals surface area contributed by atoms with Crippen LogP contribution in [0, 0.1) is 20.8 Å². The molecular weight excluding hydrogens is 402 g/mol. The zero-order valence-corrected chi connectivity index (χ0v) is 19.8. The van der Waals surface area contributed by atoms with Crippen LogP contribution in [0.25, 0.3) is 0 Å². The standard InChI is InChI=1S/C26H33N3O3/c1-18-9-10-23-22(17-18)29(25(31)26(4,5)32-23)12-11-24(30)28-15-13-27(14-16-28)21-8-6-7-19(2)20(21)3/h6-10,17H,11-16H2,1-5H3. The molecular formula is C26H33N3O3. The molecule has 0 spiro atoms. The molecule has 2 aromatic carbocycles. The highest BCUT2D eigenvalue weighted by atomic mass is 16.5. The van der Waals surface area contributed by atoms with Crippen molar-refractivity contribution in [1.82, 2.24) is 4.90 Å². The molecule has 0 aromatic heterocycles. The van der Waals surface area contributed by atoms with Gasteiger partial charge in [-0.25, -0.2) is 0 Å². The quantitative estimate of drug-likeness (QED) is 0.732. The normalized spacial score (nSPS) is 17.8. The Morgan fingerprint density at radius 3 is 2.44 bits per heavy atom. The molecule has 6 nitrogen and oxygen atoms in total. The Labute approximate surface area is 190 Å². The zero-order chi connectivity index (χ0) is 23.0. The highest BCUT2D eigenvalue weighted by molar-refractivity contribution is 6.02. The largest absolute Gasteiger partial charge is 0.476 e. The van der Waals surface area contributed by atoms with E-state index in [1.807, 2.05) is 30.0 Å². The van der Waals surface area contributed by atoms with E-state index in [9.17, 15) is 9.59 Å². The molecule has 6 heteroatoms. The second-order valence-electron chi connectivity index (χ2n) is 9.38. The highest BCUT2D eigenvalue weighted by Gasteiger charge is 2.41. The summed E-state index contributed by atoms with van der Waals surface area (Å²) in [5.74, 6) is 0.676. The molecule has 0 aliphatic carbocycles. The van der Waals surface area contributed by atoms with Crippen molar-refractivity contribution in [2.45, 2.75) is 46.6 Å². The minimum atomic E-state index is -0.942. The van der Waals surface area contributed by atoms with Gasteiger partial charge in [0, 0.05) is 44.8 Å². The second-order valence-corrected chi connectivity index (χ2v) is 9.38. The molecule has 0 atom stereocenters. The van der Waals surface area contributed by atoms with Crippen molar-refractivity contribution in [3.05, 3.63) is 53.1 Å². The first-order valence-corrected chi connectivity index (χ1v) is 11.4. The minimum Gasteiger partial charge on any atom is -0.476 e. The summed E-state index contributed by atoms with van der Waals surface area (Å²) in [7, 11) is 0. The Kier molecular flexibility index (Phi) is 5.89. The number of anilines is 2. The molecule has 32 heavy (non-hydrogen) atoms. The maximum absolute atomic E-state index is 13.0. The lowest BCUT2D eigenvalue weighted by atomic mass is 10.0. The molecule has 2 amide bonds. The lowest BCUT2D eigenvalue weighted by Crippen LogP contribution is -2.54. The molecule has 2 heterocycles. The van der Waals surface area contributed by atoms with Crippen LogP contribution < -0.4 is 14.5 Å². The molecule has 1 saturated heterocycles. The zero-order valence-electron chi connectivity index (χ0n) is 19.8. The van der Waals surface area contributed by atoms with Gasteiger partial charge in [0.15, 0.2) is 5.60 Å². The van der Waals surface area contributed by atoms with Gasteiger partial charge in [-0.3, -0.25) is 9.59 Å². The van der Waals surface area contributed by atoms with Crippen LogP contribution in [0.5, 0.6) is 5.75 Å². The van der Waals surface area contributed by atoms with Crippen LogP contribution in [0.2, 0.25) is 0 Å². The number of amides is 2. The molecule has 0 bridgehead atoms. The van der Waals surface area contributed by atoms with Gasteiger partial charge in [0.2, 0.25) is 5.91 Å². The number of rotatable bonds is 4. The van der Waals surface area contributed by atoms with Gasteiger partial charge in [-0.2, -0.15) is 0 Å². The van der Waals surface area contributed by atoms with E-state index in [1.54, 1.807) is 18.7 Å². The van der Waals surface area contributed by atoms with Gasteiger partial charge >= 0.3 is 0 Å². The van der Waals surface area contributed by atoms with E-state index in [2.05, 4.69) is 36.9 Å². The highest BCUT2D eigenvalue weighted by Crippen LogP contribution is 2.38. The first-order chi connectivity index (χ1) is 15.2. The molecule has 0 N–H and O–H groups in total. The average Bonchev–Trinajstić information content (AvgIpc) is 2.76. The van der Waals surface area contributed by atoms with Gasteiger partial charge in [-0.1, -0.05) is 18.2 Å². The van der Waals surface area contributed by atoms with Crippen LogP contribution in [0.4, 0.5) is 11.4 Å². The van der Waals surface area contributed by atoms with Gasteiger partial charge in [-0.05, 0) is 69.5 Å². The van der Waals surface area contributed by atoms with Gasteiger partial charge in [0.25, 0.3) is 5.91 Å². The Bertz CT molecular complexity index is 1040. The summed E-state index contributed by atoms with van der Waals surface area (Å²) in [5, 5.41) is 0. The molecule has 0 saturated carbocycles. The van der Waals surface area contributed by atoms with E-state index in [0.29, 0.717) is 31.8 Å². The molecule has 0 radical (unpaired) electrons. The number of hydrogen-bond donors (Lipinski definition) is 0. The lowest BCUT2D eigenvalue weighted by Gasteiger charge is -2.40. The SMILES string of the molecule is Cc1ccc2c(c1)N(CCC(=O)N1CCN(c3cccc(C)c3C)CC1)C(=O)C(C)(C)O2. The third kappa shape index (κ3) is 4.18. The first kappa shape index (κ1) is 22.2. The summed E-state index contributed by atoms with van der Waals surface area (Å²) in [5.41, 5.74) is 4.71. The third-order valence-corrected chi connectivity index (χ3v) is 6.63. The number of piperazine rings is 1. The summed E-state index contributed by atoms with van der Waals surface area (Å²) in [4.78, 5) is 32.0. The van der Waals surface area contributed by atoms with E-state index in [-0.39, 0.29) is 11.8 Å². The van der Waals surface area contributed by atoms with Crippen molar-refractivity contribution >= 4 is 23.2 Å². The monoisotopic (exact) mass is 435 g/mol. The molecule has 0 unspecified atom stereocenters. The maximum Gasteiger partial charge on any atom is 0.270 e. The second kappa shape index (κ2) is 8.49. The number of carbonyl (C=O) groups excluding carboxylic acids is 2. The Morgan fingerprint density at radius 2 is 1.72 bits per heavy atom. The predicted molar refractivity (Wildman–Crippen MR) is 128 cm³/mol. The van der Waals surface area contributed by atoms with Gasteiger partial charge in [0.05, 0.1) is 5.69 Å². The van der Waals surface area contributed by atoms with Crippen molar-refractivity contribution in [2.24, 2.45) is 0 Å². The summed E-state index contributed by atoms with van der Waals surface area (Å²) in [6.07, 6.45) is 0.304. The summed E-state index contributed by atoms with van der Waals surface area (Å²) >= 11 is 0. The number of benzene rings is 2. The number of hydrogen-bond acceptors (Lipinski definition) is 4. The van der Waals surface area contributed by atoms with Crippen LogP contribution in [0.1, 0.15) is 37.0 Å². The molecule has 2 aliphatic heterocycles.